The molecule has 1 N–H and O–H groups in total. The molecule has 2 aromatic rings. The monoisotopic (exact) mass is 484 g/mol. The number of nitrogens with zero attached hydrogens (tertiary/aromatic N) is 5. The smallest absolute Gasteiger partial charge is 0.339 e. The van der Waals surface area contributed by atoms with E-state index in [2.05, 4.69) is 15.5 Å². The zero-order valence-electron chi connectivity index (χ0n) is 18.7. The van der Waals surface area contributed by atoms with E-state index in [0.29, 0.717) is 31.3 Å². The molecule has 0 bridgehead atoms. The fourth-order valence-electron chi connectivity index (χ4n) is 3.56. The lowest BCUT2D eigenvalue weighted by molar-refractivity contribution is -0.137. The summed E-state index contributed by atoms with van der Waals surface area (Å²) in [6, 6.07) is 4.89. The van der Waals surface area contributed by atoms with E-state index in [0.717, 1.165) is 11.9 Å². The number of thioether (sulfide) groups is 1. The molecule has 180 valence electrons. The molecule has 8 nitrogen and oxygen atoms in total. The molecule has 0 atom stereocenters. The molecular formula is C21H27F3N6O2S. The van der Waals surface area contributed by atoms with Crippen molar-refractivity contribution < 1.29 is 22.8 Å². The third kappa shape index (κ3) is 6.47. The Labute approximate surface area is 194 Å². The SMILES string of the molecule is CC(C)c1nnc(SCC(=O)N2CCN(CC(=O)Nc3ccccc3C(F)(F)F)CC2)n1C. The van der Waals surface area contributed by atoms with Crippen LogP contribution in [0, 0.1) is 0 Å². The van der Waals surface area contributed by atoms with Crippen molar-refractivity contribution in [1.29, 1.82) is 0 Å². The molecule has 33 heavy (non-hydrogen) atoms. The van der Waals surface area contributed by atoms with Gasteiger partial charge < -0.3 is 14.8 Å². The van der Waals surface area contributed by atoms with Gasteiger partial charge in [0, 0.05) is 39.1 Å². The number of halogens is 3. The molecule has 0 saturated carbocycles. The number of para-hydroxylation sites is 1. The highest BCUT2D eigenvalue weighted by molar-refractivity contribution is 7.99. The predicted octanol–water partition coefficient (Wildman–Crippen LogP) is 2.83. The maximum Gasteiger partial charge on any atom is 0.418 e. The molecule has 0 radical (unpaired) electrons. The van der Waals surface area contributed by atoms with E-state index in [1.807, 2.05) is 30.4 Å². The number of piperazine rings is 1. The molecule has 3 rings (SSSR count). The van der Waals surface area contributed by atoms with Crippen LogP contribution in [-0.2, 0) is 22.8 Å². The number of carbonyl (C=O) groups excluding carboxylic acids is 2. The summed E-state index contributed by atoms with van der Waals surface area (Å²) in [5.74, 6) is 0.774. The van der Waals surface area contributed by atoms with E-state index >= 15 is 0 Å². The van der Waals surface area contributed by atoms with Gasteiger partial charge in [0.15, 0.2) is 5.16 Å². The third-order valence-electron chi connectivity index (χ3n) is 5.31. The van der Waals surface area contributed by atoms with E-state index in [9.17, 15) is 22.8 Å². The molecule has 1 aromatic heterocycles. The van der Waals surface area contributed by atoms with Crippen LogP contribution in [0.15, 0.2) is 29.4 Å². The number of amides is 2. The molecular weight excluding hydrogens is 457 g/mol. The molecule has 2 heterocycles. The highest BCUT2D eigenvalue weighted by Gasteiger charge is 2.33. The lowest BCUT2D eigenvalue weighted by Crippen LogP contribution is -2.51. The van der Waals surface area contributed by atoms with Crippen molar-refractivity contribution in [2.75, 3.05) is 43.8 Å². The Hall–Kier alpha value is -2.60. The summed E-state index contributed by atoms with van der Waals surface area (Å²) in [6.07, 6.45) is -4.55. The standard InChI is InChI=1S/C21H27F3N6O2S/c1-14(2)19-26-27-20(28(19)3)33-13-18(32)30-10-8-29(9-11-30)12-17(31)25-16-7-5-4-6-15(16)21(22,23)24/h4-7,14H,8-13H2,1-3H3,(H,25,31). The molecule has 0 aliphatic carbocycles. The Morgan fingerprint density at radius 1 is 1.12 bits per heavy atom. The summed E-state index contributed by atoms with van der Waals surface area (Å²) in [5.41, 5.74) is -1.14. The number of nitrogens with one attached hydrogen (secondary N) is 1. The quantitative estimate of drug-likeness (QED) is 0.609. The van der Waals surface area contributed by atoms with Gasteiger partial charge in [-0.05, 0) is 12.1 Å². The van der Waals surface area contributed by atoms with Gasteiger partial charge in [-0.3, -0.25) is 14.5 Å². The number of alkyl halides is 3. The summed E-state index contributed by atoms with van der Waals surface area (Å²) in [6.45, 7) is 5.83. The number of carbonyl (C=O) groups is 2. The maximum absolute atomic E-state index is 13.1. The first-order valence-electron chi connectivity index (χ1n) is 10.5. The summed E-state index contributed by atoms with van der Waals surface area (Å²) in [5, 5.41) is 11.3. The second-order valence-electron chi connectivity index (χ2n) is 8.09. The van der Waals surface area contributed by atoms with Crippen molar-refractivity contribution in [3.8, 4) is 0 Å². The Balaban J connectivity index is 1.45. The molecule has 0 unspecified atom stereocenters. The highest BCUT2D eigenvalue weighted by Crippen LogP contribution is 2.34. The first kappa shape index (κ1) is 25.0. The van der Waals surface area contributed by atoms with Gasteiger partial charge in [-0.1, -0.05) is 37.7 Å². The highest BCUT2D eigenvalue weighted by atomic mass is 32.2. The normalized spacial score (nSPS) is 15.2. The van der Waals surface area contributed by atoms with Crippen LogP contribution in [0.4, 0.5) is 18.9 Å². The molecule has 1 fully saturated rings. The van der Waals surface area contributed by atoms with Crippen molar-refractivity contribution in [2.45, 2.75) is 31.1 Å². The third-order valence-corrected chi connectivity index (χ3v) is 6.31. The number of rotatable bonds is 7. The number of anilines is 1. The lowest BCUT2D eigenvalue weighted by atomic mass is 10.1. The fraction of sp³-hybridized carbons (Fsp3) is 0.524. The number of aromatic nitrogens is 3. The van der Waals surface area contributed by atoms with Crippen molar-refractivity contribution in [1.82, 2.24) is 24.6 Å². The van der Waals surface area contributed by atoms with Crippen LogP contribution in [0.1, 0.15) is 31.2 Å². The maximum atomic E-state index is 13.1. The van der Waals surface area contributed by atoms with Crippen molar-refractivity contribution in [3.05, 3.63) is 35.7 Å². The van der Waals surface area contributed by atoms with Gasteiger partial charge in [0.2, 0.25) is 11.8 Å². The minimum Gasteiger partial charge on any atom is -0.339 e. The summed E-state index contributed by atoms with van der Waals surface area (Å²) in [4.78, 5) is 28.4. The van der Waals surface area contributed by atoms with E-state index < -0.39 is 17.6 Å². The van der Waals surface area contributed by atoms with E-state index in [1.54, 1.807) is 4.90 Å². The van der Waals surface area contributed by atoms with Crippen LogP contribution in [0.2, 0.25) is 0 Å². The Morgan fingerprint density at radius 3 is 2.39 bits per heavy atom. The number of benzene rings is 1. The average molecular weight is 485 g/mol. The van der Waals surface area contributed by atoms with Gasteiger partial charge in [-0.25, -0.2) is 0 Å². The summed E-state index contributed by atoms with van der Waals surface area (Å²) < 4.78 is 41.2. The van der Waals surface area contributed by atoms with Crippen LogP contribution < -0.4 is 5.32 Å². The topological polar surface area (TPSA) is 83.4 Å². The van der Waals surface area contributed by atoms with Crippen LogP contribution in [-0.4, -0.2) is 74.9 Å². The lowest BCUT2D eigenvalue weighted by Gasteiger charge is -2.34. The summed E-state index contributed by atoms with van der Waals surface area (Å²) in [7, 11) is 1.87. The Morgan fingerprint density at radius 2 is 1.79 bits per heavy atom. The van der Waals surface area contributed by atoms with Gasteiger partial charge in [0.05, 0.1) is 23.5 Å². The van der Waals surface area contributed by atoms with Crippen molar-refractivity contribution >= 4 is 29.3 Å². The van der Waals surface area contributed by atoms with Gasteiger partial charge in [0.25, 0.3) is 0 Å². The van der Waals surface area contributed by atoms with Crippen molar-refractivity contribution in [2.24, 2.45) is 7.05 Å². The molecule has 1 aliphatic heterocycles. The minimum absolute atomic E-state index is 0.0303. The van der Waals surface area contributed by atoms with Crippen LogP contribution in [0.5, 0.6) is 0 Å². The second-order valence-corrected chi connectivity index (χ2v) is 9.03. The average Bonchev–Trinajstić information content (AvgIpc) is 3.12. The largest absolute Gasteiger partial charge is 0.418 e. The van der Waals surface area contributed by atoms with Gasteiger partial charge in [-0.15, -0.1) is 10.2 Å². The predicted molar refractivity (Wildman–Crippen MR) is 119 cm³/mol. The zero-order chi connectivity index (χ0) is 24.2. The fourth-order valence-corrected chi connectivity index (χ4v) is 4.38. The van der Waals surface area contributed by atoms with E-state index in [4.69, 9.17) is 0 Å². The molecule has 1 aromatic carbocycles. The van der Waals surface area contributed by atoms with Crippen LogP contribution >= 0.6 is 11.8 Å². The molecule has 12 heteroatoms. The molecule has 1 saturated heterocycles. The molecule has 1 aliphatic rings. The van der Waals surface area contributed by atoms with E-state index in [-0.39, 0.29) is 29.8 Å². The molecule has 0 spiro atoms. The van der Waals surface area contributed by atoms with E-state index in [1.165, 1.54) is 30.0 Å². The first-order valence-corrected chi connectivity index (χ1v) is 11.5. The number of hydrogen-bond acceptors (Lipinski definition) is 6. The molecule has 2 amide bonds. The number of hydrogen-bond donors (Lipinski definition) is 1. The zero-order valence-corrected chi connectivity index (χ0v) is 19.5. The summed E-state index contributed by atoms with van der Waals surface area (Å²) >= 11 is 1.33. The van der Waals surface area contributed by atoms with Crippen LogP contribution in [0.3, 0.4) is 0 Å². The van der Waals surface area contributed by atoms with Gasteiger partial charge in [-0.2, -0.15) is 13.2 Å². The first-order chi connectivity index (χ1) is 15.6. The van der Waals surface area contributed by atoms with Crippen molar-refractivity contribution in [3.63, 3.8) is 0 Å². The second kappa shape index (κ2) is 10.6. The Kier molecular flexibility index (Phi) is 8.01. The minimum atomic E-state index is -4.55. The van der Waals surface area contributed by atoms with Gasteiger partial charge >= 0.3 is 6.18 Å². The van der Waals surface area contributed by atoms with Gasteiger partial charge in [0.1, 0.15) is 5.82 Å². The van der Waals surface area contributed by atoms with Crippen LogP contribution in [0.25, 0.3) is 0 Å². The Bertz CT molecular complexity index is 987.